The van der Waals surface area contributed by atoms with Crippen molar-refractivity contribution in [3.8, 4) is 5.75 Å². The molecule has 0 aromatic heterocycles. The molecular weight excluding hydrogens is 374 g/mol. The molecule has 0 radical (unpaired) electrons. The molecule has 4 nitrogen and oxygen atoms in total. The van der Waals surface area contributed by atoms with Crippen molar-refractivity contribution in [2.24, 2.45) is 0 Å². The summed E-state index contributed by atoms with van der Waals surface area (Å²) in [6.45, 7) is 3.22. The van der Waals surface area contributed by atoms with Crippen LogP contribution in [0, 0.1) is 0 Å². The molecule has 3 rings (SSSR count). The predicted octanol–water partition coefficient (Wildman–Crippen LogP) is 4.49. The zero-order chi connectivity index (χ0) is 19.6. The number of hydrogen-bond donors (Lipinski definition) is 1. The Morgan fingerprint density at radius 3 is 2.52 bits per heavy atom. The standard InChI is InChI=1S/C20H23ClF2N2O2/c1-20(2,26)12-25-13-24(11-15-5-6-16(21)9-18(15)25)10-14-3-7-17(8-4-14)27-19(22)23/h3-9,19,26H,10-13H2,1-2H3. The Kier molecular flexibility index (Phi) is 5.89. The number of alkyl halides is 2. The number of fused-ring (bicyclic) bond motifs is 1. The van der Waals surface area contributed by atoms with Gasteiger partial charge in [0.1, 0.15) is 5.75 Å². The minimum absolute atomic E-state index is 0.149. The first-order valence-electron chi connectivity index (χ1n) is 8.71. The second kappa shape index (κ2) is 8.00. The highest BCUT2D eigenvalue weighted by Gasteiger charge is 2.27. The smallest absolute Gasteiger partial charge is 0.387 e. The van der Waals surface area contributed by atoms with Gasteiger partial charge in [0.05, 0.1) is 12.3 Å². The van der Waals surface area contributed by atoms with Crippen LogP contribution in [-0.2, 0) is 13.1 Å². The summed E-state index contributed by atoms with van der Waals surface area (Å²) in [7, 11) is 0. The molecule has 2 aromatic rings. The molecule has 1 aliphatic heterocycles. The topological polar surface area (TPSA) is 35.9 Å². The van der Waals surface area contributed by atoms with E-state index < -0.39 is 12.2 Å². The van der Waals surface area contributed by atoms with Crippen molar-refractivity contribution in [2.45, 2.75) is 39.1 Å². The third kappa shape index (κ3) is 5.54. The molecule has 0 bridgehead atoms. The summed E-state index contributed by atoms with van der Waals surface area (Å²) in [5.74, 6) is 0.149. The summed E-state index contributed by atoms with van der Waals surface area (Å²) >= 11 is 6.16. The molecular formula is C20H23ClF2N2O2. The minimum Gasteiger partial charge on any atom is -0.435 e. The Labute approximate surface area is 162 Å². The molecule has 7 heteroatoms. The number of β-amino-alcohol motifs (C(OH)–C–C–N with tert-alkyl or cyclic N) is 1. The Morgan fingerprint density at radius 1 is 1.19 bits per heavy atom. The highest BCUT2D eigenvalue weighted by atomic mass is 35.5. The second-order valence-corrected chi connectivity index (χ2v) is 7.87. The van der Waals surface area contributed by atoms with Crippen LogP contribution >= 0.6 is 11.6 Å². The van der Waals surface area contributed by atoms with E-state index in [0.717, 1.165) is 23.4 Å². The summed E-state index contributed by atoms with van der Waals surface area (Å²) in [5.41, 5.74) is 2.31. The van der Waals surface area contributed by atoms with Crippen LogP contribution in [0.2, 0.25) is 5.02 Å². The van der Waals surface area contributed by atoms with Crippen LogP contribution in [0.1, 0.15) is 25.0 Å². The number of hydrogen-bond acceptors (Lipinski definition) is 4. The lowest BCUT2D eigenvalue weighted by Gasteiger charge is -2.41. The van der Waals surface area contributed by atoms with E-state index in [1.165, 1.54) is 0 Å². The first-order chi connectivity index (χ1) is 12.7. The van der Waals surface area contributed by atoms with Gasteiger partial charge in [0, 0.05) is 30.3 Å². The number of nitrogens with zero attached hydrogens (tertiary/aromatic N) is 2. The Balaban J connectivity index is 1.76. The van der Waals surface area contributed by atoms with Crippen molar-refractivity contribution in [1.82, 2.24) is 4.90 Å². The van der Waals surface area contributed by atoms with Gasteiger partial charge in [-0.3, -0.25) is 4.90 Å². The number of aliphatic hydroxyl groups is 1. The van der Waals surface area contributed by atoms with E-state index in [1.807, 2.05) is 18.2 Å². The number of halogens is 3. The van der Waals surface area contributed by atoms with E-state index in [2.05, 4.69) is 14.5 Å². The molecule has 0 fully saturated rings. The molecule has 2 aromatic carbocycles. The molecule has 1 heterocycles. The SMILES string of the molecule is CC(C)(O)CN1CN(Cc2ccc(OC(F)F)cc2)Cc2ccc(Cl)cc21. The van der Waals surface area contributed by atoms with Crippen LogP contribution in [-0.4, -0.2) is 35.4 Å². The van der Waals surface area contributed by atoms with Crippen molar-refractivity contribution in [2.75, 3.05) is 18.1 Å². The highest BCUT2D eigenvalue weighted by Crippen LogP contribution is 2.32. The summed E-state index contributed by atoms with van der Waals surface area (Å²) in [5, 5.41) is 10.9. The van der Waals surface area contributed by atoms with Crippen molar-refractivity contribution in [3.63, 3.8) is 0 Å². The van der Waals surface area contributed by atoms with Gasteiger partial charge in [-0.1, -0.05) is 29.8 Å². The van der Waals surface area contributed by atoms with Gasteiger partial charge in [0.25, 0.3) is 0 Å². The molecule has 0 saturated carbocycles. The van der Waals surface area contributed by atoms with E-state index in [0.29, 0.717) is 24.8 Å². The Morgan fingerprint density at radius 2 is 1.89 bits per heavy atom. The van der Waals surface area contributed by atoms with Gasteiger partial charge < -0.3 is 14.7 Å². The summed E-state index contributed by atoms with van der Waals surface area (Å²) < 4.78 is 28.9. The molecule has 0 unspecified atom stereocenters. The molecule has 0 atom stereocenters. The summed E-state index contributed by atoms with van der Waals surface area (Å²) in [6.07, 6.45) is 0. The largest absolute Gasteiger partial charge is 0.435 e. The van der Waals surface area contributed by atoms with Crippen LogP contribution < -0.4 is 9.64 Å². The molecule has 1 N–H and O–H groups in total. The molecule has 1 aliphatic rings. The van der Waals surface area contributed by atoms with Gasteiger partial charge in [-0.2, -0.15) is 8.78 Å². The lowest BCUT2D eigenvalue weighted by atomic mass is 10.0. The van der Waals surface area contributed by atoms with E-state index in [4.69, 9.17) is 11.6 Å². The fourth-order valence-corrected chi connectivity index (χ4v) is 3.48. The van der Waals surface area contributed by atoms with Crippen molar-refractivity contribution in [3.05, 3.63) is 58.6 Å². The number of ether oxygens (including phenoxy) is 1. The molecule has 146 valence electrons. The monoisotopic (exact) mass is 396 g/mol. The minimum atomic E-state index is -2.82. The maximum absolute atomic E-state index is 12.3. The lowest BCUT2D eigenvalue weighted by molar-refractivity contribution is -0.0498. The average molecular weight is 397 g/mol. The molecule has 27 heavy (non-hydrogen) atoms. The van der Waals surface area contributed by atoms with Gasteiger partial charge in [-0.25, -0.2) is 0 Å². The number of benzene rings is 2. The van der Waals surface area contributed by atoms with Gasteiger partial charge in [0.15, 0.2) is 0 Å². The van der Waals surface area contributed by atoms with Crippen LogP contribution in [0.25, 0.3) is 0 Å². The molecule has 0 spiro atoms. The fourth-order valence-electron chi connectivity index (χ4n) is 3.32. The van der Waals surface area contributed by atoms with Crippen molar-refractivity contribution < 1.29 is 18.6 Å². The van der Waals surface area contributed by atoms with Crippen molar-refractivity contribution in [1.29, 1.82) is 0 Å². The van der Waals surface area contributed by atoms with E-state index in [9.17, 15) is 13.9 Å². The predicted molar refractivity (Wildman–Crippen MR) is 102 cm³/mol. The Hall–Kier alpha value is -1.89. The third-order valence-electron chi connectivity index (χ3n) is 4.29. The van der Waals surface area contributed by atoms with Gasteiger partial charge >= 0.3 is 6.61 Å². The first kappa shape index (κ1) is 19.9. The van der Waals surface area contributed by atoms with Gasteiger partial charge in [0.2, 0.25) is 0 Å². The maximum atomic E-state index is 12.3. The highest BCUT2D eigenvalue weighted by molar-refractivity contribution is 6.30. The van der Waals surface area contributed by atoms with Crippen LogP contribution in [0.5, 0.6) is 5.75 Å². The van der Waals surface area contributed by atoms with E-state index in [-0.39, 0.29) is 5.75 Å². The zero-order valence-electron chi connectivity index (χ0n) is 15.3. The first-order valence-corrected chi connectivity index (χ1v) is 9.09. The van der Waals surface area contributed by atoms with Crippen molar-refractivity contribution >= 4 is 17.3 Å². The normalized spacial score (nSPS) is 15.1. The number of rotatable bonds is 6. The van der Waals surface area contributed by atoms with Gasteiger partial charge in [-0.05, 0) is 49.2 Å². The Bertz CT molecular complexity index is 779. The van der Waals surface area contributed by atoms with E-state index in [1.54, 1.807) is 38.1 Å². The third-order valence-corrected chi connectivity index (χ3v) is 4.52. The van der Waals surface area contributed by atoms with Gasteiger partial charge in [-0.15, -0.1) is 0 Å². The molecule has 0 saturated heterocycles. The lowest BCUT2D eigenvalue weighted by Crippen LogP contribution is -2.47. The number of anilines is 1. The van der Waals surface area contributed by atoms with E-state index >= 15 is 0 Å². The van der Waals surface area contributed by atoms with Crippen LogP contribution in [0.15, 0.2) is 42.5 Å². The average Bonchev–Trinajstić information content (AvgIpc) is 2.55. The van der Waals surface area contributed by atoms with Crippen LogP contribution in [0.4, 0.5) is 14.5 Å². The summed E-state index contributed by atoms with van der Waals surface area (Å²) in [4.78, 5) is 4.34. The fraction of sp³-hybridized carbons (Fsp3) is 0.400. The quantitative estimate of drug-likeness (QED) is 0.780. The zero-order valence-corrected chi connectivity index (χ0v) is 16.1. The molecule has 0 aliphatic carbocycles. The van der Waals surface area contributed by atoms with Crippen LogP contribution in [0.3, 0.4) is 0 Å². The molecule has 0 amide bonds. The maximum Gasteiger partial charge on any atom is 0.387 e. The second-order valence-electron chi connectivity index (χ2n) is 7.43. The summed E-state index contributed by atoms with van der Waals surface area (Å²) in [6, 6.07) is 12.5.